The van der Waals surface area contributed by atoms with Crippen molar-refractivity contribution >= 4 is 5.78 Å². The molecule has 1 aromatic carbocycles. The van der Waals surface area contributed by atoms with E-state index in [0.717, 1.165) is 24.8 Å². The largest absolute Gasteiger partial charge is 0.472 e. The van der Waals surface area contributed by atoms with E-state index < -0.39 is 0 Å². The highest BCUT2D eigenvalue weighted by Crippen LogP contribution is 2.45. The fraction of sp³-hybridized carbons (Fsp3) is 0.312. The van der Waals surface area contributed by atoms with Gasteiger partial charge in [-0.05, 0) is 30.0 Å². The summed E-state index contributed by atoms with van der Waals surface area (Å²) in [6.45, 7) is 0. The molecule has 92 valence electrons. The molecule has 0 amide bonds. The second-order valence-electron chi connectivity index (χ2n) is 5.03. The van der Waals surface area contributed by atoms with Crippen LogP contribution < -0.4 is 0 Å². The van der Waals surface area contributed by atoms with Crippen molar-refractivity contribution in [1.29, 1.82) is 0 Å². The van der Waals surface area contributed by atoms with Crippen molar-refractivity contribution in [3.05, 3.63) is 60.1 Å². The molecule has 1 heterocycles. The summed E-state index contributed by atoms with van der Waals surface area (Å²) in [6, 6.07) is 12.0. The van der Waals surface area contributed by atoms with Crippen molar-refractivity contribution in [2.75, 3.05) is 0 Å². The van der Waals surface area contributed by atoms with Gasteiger partial charge in [0.2, 0.25) is 0 Å². The summed E-state index contributed by atoms with van der Waals surface area (Å²) in [5.41, 5.74) is 1.91. The van der Waals surface area contributed by atoms with Gasteiger partial charge in [-0.3, -0.25) is 4.79 Å². The van der Waals surface area contributed by atoms with Crippen molar-refractivity contribution in [1.82, 2.24) is 0 Å². The highest BCUT2D eigenvalue weighted by molar-refractivity contribution is 5.92. The van der Waals surface area contributed by atoms with E-state index in [1.54, 1.807) is 12.5 Å². The minimum Gasteiger partial charge on any atom is -0.472 e. The van der Waals surface area contributed by atoms with Crippen LogP contribution in [0.3, 0.4) is 0 Å². The molecule has 1 fully saturated rings. The number of hydrogen-bond donors (Lipinski definition) is 0. The van der Waals surface area contributed by atoms with Gasteiger partial charge in [-0.15, -0.1) is 0 Å². The van der Waals surface area contributed by atoms with Gasteiger partial charge in [0, 0.05) is 6.42 Å². The number of carbonyl (C=O) groups is 1. The zero-order chi connectivity index (χ0) is 12.4. The highest BCUT2D eigenvalue weighted by Gasteiger charge is 2.44. The van der Waals surface area contributed by atoms with E-state index in [9.17, 15) is 4.79 Å². The molecule has 2 heteroatoms. The number of hydrogen-bond acceptors (Lipinski definition) is 2. The van der Waals surface area contributed by atoms with E-state index in [4.69, 9.17) is 4.42 Å². The third-order valence-electron chi connectivity index (χ3n) is 4.01. The van der Waals surface area contributed by atoms with Crippen molar-refractivity contribution in [2.24, 2.45) is 0 Å². The second kappa shape index (κ2) is 4.45. The lowest BCUT2D eigenvalue weighted by Gasteiger charge is -2.41. The quantitative estimate of drug-likeness (QED) is 0.818. The molecule has 1 aliphatic rings. The smallest absolute Gasteiger partial charge is 0.147 e. The van der Waals surface area contributed by atoms with Crippen LogP contribution in [0.4, 0.5) is 0 Å². The summed E-state index contributed by atoms with van der Waals surface area (Å²) in [5.74, 6) is 0.321. The fourth-order valence-electron chi connectivity index (χ4n) is 2.76. The van der Waals surface area contributed by atoms with E-state index in [-0.39, 0.29) is 5.41 Å². The van der Waals surface area contributed by atoms with E-state index in [2.05, 4.69) is 12.1 Å². The van der Waals surface area contributed by atoms with Crippen LogP contribution in [0.25, 0.3) is 0 Å². The van der Waals surface area contributed by atoms with Crippen LogP contribution in [0.2, 0.25) is 0 Å². The summed E-state index contributed by atoms with van der Waals surface area (Å²) < 4.78 is 5.03. The van der Waals surface area contributed by atoms with Crippen molar-refractivity contribution in [3.8, 4) is 0 Å². The SMILES string of the molecule is O=C(Cc1ccoc1)C1(c2ccccc2)CCC1. The molecule has 0 unspecified atom stereocenters. The minimum absolute atomic E-state index is 0.238. The monoisotopic (exact) mass is 240 g/mol. The molecule has 0 atom stereocenters. The Kier molecular flexibility index (Phi) is 2.78. The molecule has 1 saturated carbocycles. The highest BCUT2D eigenvalue weighted by atomic mass is 16.3. The number of benzene rings is 1. The Balaban J connectivity index is 1.86. The molecule has 0 radical (unpaired) electrons. The summed E-state index contributed by atoms with van der Waals surface area (Å²) in [6.07, 6.45) is 6.87. The van der Waals surface area contributed by atoms with Gasteiger partial charge in [-0.25, -0.2) is 0 Å². The predicted molar refractivity (Wildman–Crippen MR) is 69.4 cm³/mol. The average molecular weight is 240 g/mol. The molecule has 1 aliphatic carbocycles. The summed E-state index contributed by atoms with van der Waals surface area (Å²) in [4.78, 5) is 12.6. The van der Waals surface area contributed by atoms with Gasteiger partial charge in [-0.2, -0.15) is 0 Å². The topological polar surface area (TPSA) is 30.2 Å². The maximum Gasteiger partial charge on any atom is 0.147 e. The molecule has 0 aliphatic heterocycles. The molecule has 3 rings (SSSR count). The third kappa shape index (κ3) is 1.78. The number of rotatable bonds is 4. The normalized spacial score (nSPS) is 17.1. The molecule has 2 aromatic rings. The number of ketones is 1. The molecule has 0 N–H and O–H groups in total. The van der Waals surface area contributed by atoms with Crippen LogP contribution in [0.15, 0.2) is 53.3 Å². The maximum absolute atomic E-state index is 12.6. The minimum atomic E-state index is -0.238. The van der Waals surface area contributed by atoms with E-state index in [1.165, 1.54) is 5.56 Å². The Hall–Kier alpha value is -1.83. The van der Waals surface area contributed by atoms with Crippen LogP contribution in [0.1, 0.15) is 30.4 Å². The summed E-state index contributed by atoms with van der Waals surface area (Å²) in [7, 11) is 0. The Morgan fingerprint density at radius 1 is 1.17 bits per heavy atom. The number of furan rings is 1. The van der Waals surface area contributed by atoms with Crippen molar-refractivity contribution < 1.29 is 9.21 Å². The lowest BCUT2D eigenvalue weighted by Crippen LogP contribution is -2.43. The molecule has 0 bridgehead atoms. The average Bonchev–Trinajstić information content (AvgIpc) is 2.82. The summed E-state index contributed by atoms with van der Waals surface area (Å²) in [5, 5.41) is 0. The van der Waals surface area contributed by atoms with Crippen LogP contribution in [-0.4, -0.2) is 5.78 Å². The van der Waals surface area contributed by atoms with Gasteiger partial charge in [0.25, 0.3) is 0 Å². The maximum atomic E-state index is 12.6. The van der Waals surface area contributed by atoms with Gasteiger partial charge in [-0.1, -0.05) is 36.8 Å². The Morgan fingerprint density at radius 2 is 1.94 bits per heavy atom. The first-order valence-corrected chi connectivity index (χ1v) is 6.41. The van der Waals surface area contributed by atoms with Crippen LogP contribution in [-0.2, 0) is 16.6 Å². The van der Waals surface area contributed by atoms with Crippen LogP contribution >= 0.6 is 0 Å². The molecular formula is C16H16O2. The number of carbonyl (C=O) groups excluding carboxylic acids is 1. The van der Waals surface area contributed by atoms with Gasteiger partial charge in [0.15, 0.2) is 0 Å². The van der Waals surface area contributed by atoms with Gasteiger partial charge in [0.05, 0.1) is 17.9 Å². The van der Waals surface area contributed by atoms with Gasteiger partial charge in [0.1, 0.15) is 5.78 Å². The fourth-order valence-corrected chi connectivity index (χ4v) is 2.76. The molecule has 0 spiro atoms. The standard InChI is InChI=1S/C16H16O2/c17-15(11-13-7-10-18-12-13)16(8-4-9-16)14-5-2-1-3-6-14/h1-3,5-7,10,12H,4,8-9,11H2. The number of Topliss-reactive ketones (excluding diaryl/α,β-unsaturated/α-hetero) is 1. The molecule has 0 saturated heterocycles. The molecule has 1 aromatic heterocycles. The third-order valence-corrected chi connectivity index (χ3v) is 4.01. The van der Waals surface area contributed by atoms with Crippen LogP contribution in [0, 0.1) is 0 Å². The van der Waals surface area contributed by atoms with E-state index in [0.29, 0.717) is 12.2 Å². The zero-order valence-electron chi connectivity index (χ0n) is 10.3. The summed E-state index contributed by atoms with van der Waals surface area (Å²) >= 11 is 0. The van der Waals surface area contributed by atoms with Crippen LogP contribution in [0.5, 0.6) is 0 Å². The van der Waals surface area contributed by atoms with Crippen molar-refractivity contribution in [3.63, 3.8) is 0 Å². The lowest BCUT2D eigenvalue weighted by molar-refractivity contribution is -0.127. The van der Waals surface area contributed by atoms with Crippen molar-refractivity contribution in [2.45, 2.75) is 31.1 Å². The Labute approximate surface area is 107 Å². The first kappa shape index (κ1) is 11.3. The van der Waals surface area contributed by atoms with E-state index in [1.807, 2.05) is 24.3 Å². The molecule has 18 heavy (non-hydrogen) atoms. The first-order valence-electron chi connectivity index (χ1n) is 6.41. The predicted octanol–water partition coefficient (Wildman–Crippen LogP) is 3.51. The van der Waals surface area contributed by atoms with E-state index >= 15 is 0 Å². The Bertz CT molecular complexity index is 521. The molecular weight excluding hydrogens is 224 g/mol. The lowest BCUT2D eigenvalue weighted by atomic mass is 9.61. The van der Waals surface area contributed by atoms with Gasteiger partial charge >= 0.3 is 0 Å². The second-order valence-corrected chi connectivity index (χ2v) is 5.03. The molecule has 2 nitrogen and oxygen atoms in total. The van der Waals surface area contributed by atoms with Gasteiger partial charge < -0.3 is 4.42 Å². The zero-order valence-corrected chi connectivity index (χ0v) is 10.3. The first-order chi connectivity index (χ1) is 8.81. The Morgan fingerprint density at radius 3 is 2.50 bits per heavy atom.